The zero-order valence-corrected chi connectivity index (χ0v) is 18.0. The monoisotopic (exact) mass is 314 g/mol. The van der Waals surface area contributed by atoms with Crippen LogP contribution in [-0.2, 0) is 19.5 Å². The van der Waals surface area contributed by atoms with Crippen molar-refractivity contribution < 1.29 is 19.5 Å². The second-order valence-corrected chi connectivity index (χ2v) is 9.66. The summed E-state index contributed by atoms with van der Waals surface area (Å²) >= 11 is 0. The van der Waals surface area contributed by atoms with Crippen molar-refractivity contribution in [3.63, 3.8) is 0 Å². The van der Waals surface area contributed by atoms with Crippen molar-refractivity contribution in [2.75, 3.05) is 0 Å². The van der Waals surface area contributed by atoms with Gasteiger partial charge in [0.05, 0.1) is 0 Å². The van der Waals surface area contributed by atoms with Crippen LogP contribution in [0.5, 0.6) is 0 Å². The largest absolute Gasteiger partial charge is 2.00 e. The summed E-state index contributed by atoms with van der Waals surface area (Å²) in [6, 6.07) is 0. The zero-order valence-electron chi connectivity index (χ0n) is 15.0. The smallest absolute Gasteiger partial charge is 0.323 e. The van der Waals surface area contributed by atoms with Crippen molar-refractivity contribution >= 4 is 0 Å². The molecular weight excluding hydrogens is 282 g/mol. The van der Waals surface area contributed by atoms with Gasteiger partial charge in [-0.15, -0.1) is 0 Å². The molecule has 0 unspecified atom stereocenters. The molecule has 0 aromatic carbocycles. The predicted molar refractivity (Wildman–Crippen MR) is 82.1 cm³/mol. The van der Waals surface area contributed by atoms with Crippen LogP contribution in [0.15, 0.2) is 0 Å². The molecule has 2 fully saturated rings. The topological polar surface area (TPSA) is 0 Å². The molecule has 1 heteroatoms. The Kier molecular flexibility index (Phi) is 5.61. The Hall–Kier alpha value is 0.623. The van der Waals surface area contributed by atoms with E-state index in [4.69, 9.17) is 0 Å². The molecule has 0 spiro atoms. The second kappa shape index (κ2) is 5.43. The number of hydrogen-bond acceptors (Lipinski definition) is 0. The van der Waals surface area contributed by atoms with Crippen LogP contribution in [0.4, 0.5) is 0 Å². The second-order valence-electron chi connectivity index (χ2n) is 9.66. The van der Waals surface area contributed by atoms with Crippen LogP contribution in [0.2, 0.25) is 0 Å². The molecular formula is C18H34Zn. The van der Waals surface area contributed by atoms with E-state index in [0.717, 1.165) is 11.8 Å². The molecule has 0 aliphatic heterocycles. The van der Waals surface area contributed by atoms with Gasteiger partial charge in [0.2, 0.25) is 0 Å². The molecule has 2 rings (SSSR count). The van der Waals surface area contributed by atoms with Crippen LogP contribution in [0.25, 0.3) is 0 Å². The first-order valence-electron chi connectivity index (χ1n) is 7.40. The molecule has 0 saturated heterocycles. The molecule has 0 radical (unpaired) electrons. The fourth-order valence-electron chi connectivity index (χ4n) is 3.49. The Labute approximate surface area is 135 Å². The maximum Gasteiger partial charge on any atom is 2.00 e. The van der Waals surface area contributed by atoms with E-state index in [0.29, 0.717) is 21.7 Å². The van der Waals surface area contributed by atoms with Crippen LogP contribution >= 0.6 is 0 Å². The van der Waals surface area contributed by atoms with Gasteiger partial charge >= 0.3 is 19.5 Å². The van der Waals surface area contributed by atoms with E-state index < -0.39 is 0 Å². The van der Waals surface area contributed by atoms with Crippen LogP contribution in [0.3, 0.4) is 0 Å². The molecule has 0 N–H and O–H groups in total. The van der Waals surface area contributed by atoms with Crippen molar-refractivity contribution in [1.82, 2.24) is 0 Å². The van der Waals surface area contributed by atoms with Crippen LogP contribution in [-0.4, -0.2) is 0 Å². The van der Waals surface area contributed by atoms with Crippen molar-refractivity contribution in [1.29, 1.82) is 0 Å². The summed E-state index contributed by atoms with van der Waals surface area (Å²) in [5, 5.41) is 0. The van der Waals surface area contributed by atoms with Gasteiger partial charge in [0.15, 0.2) is 0 Å². The van der Waals surface area contributed by atoms with Gasteiger partial charge in [-0.1, -0.05) is 80.1 Å². The third-order valence-electron chi connectivity index (χ3n) is 4.44. The quantitative estimate of drug-likeness (QED) is 0.392. The summed E-state index contributed by atoms with van der Waals surface area (Å²) in [6.07, 6.45) is 4.88. The first-order chi connectivity index (χ1) is 7.68. The molecule has 2 saturated carbocycles. The fraction of sp³-hybridized carbons (Fsp3) is 0.889. The van der Waals surface area contributed by atoms with Gasteiger partial charge in [-0.2, -0.15) is 22.7 Å². The van der Waals surface area contributed by atoms with E-state index in [1.807, 2.05) is 0 Å². The molecule has 0 aromatic heterocycles. The number of hydrogen-bond donors (Lipinski definition) is 0. The van der Waals surface area contributed by atoms with Crippen molar-refractivity contribution in [3.8, 4) is 0 Å². The SMILES string of the molecule is CC(C)(C)[C@H]1[CH-]C1(C)C.CC(C)(C)[C@H]1[CH-]C1(C)C.[Zn+2]. The van der Waals surface area contributed by atoms with Crippen LogP contribution in [0.1, 0.15) is 69.2 Å². The average Bonchev–Trinajstić information content (AvgIpc) is 2.87. The molecule has 0 nitrogen and oxygen atoms in total. The van der Waals surface area contributed by atoms with E-state index >= 15 is 0 Å². The molecule has 0 bridgehead atoms. The summed E-state index contributed by atoms with van der Waals surface area (Å²) in [5.41, 5.74) is 2.03. The predicted octanol–water partition coefficient (Wildman–Crippen LogP) is 5.78. The molecule has 0 heterocycles. The summed E-state index contributed by atoms with van der Waals surface area (Å²) < 4.78 is 0. The van der Waals surface area contributed by atoms with Gasteiger partial charge in [0.1, 0.15) is 0 Å². The molecule has 2 aliphatic carbocycles. The summed E-state index contributed by atoms with van der Waals surface area (Å²) in [7, 11) is 0. The maximum atomic E-state index is 2.44. The Morgan fingerprint density at radius 1 is 0.632 bits per heavy atom. The van der Waals surface area contributed by atoms with Gasteiger partial charge in [0.25, 0.3) is 0 Å². The Bertz CT molecular complexity index is 267. The van der Waals surface area contributed by atoms with E-state index in [9.17, 15) is 0 Å². The fourth-order valence-corrected chi connectivity index (χ4v) is 3.49. The molecule has 19 heavy (non-hydrogen) atoms. The maximum absolute atomic E-state index is 2.44. The average molecular weight is 316 g/mol. The van der Waals surface area contributed by atoms with Crippen LogP contribution in [0, 0.1) is 46.3 Å². The van der Waals surface area contributed by atoms with Gasteiger partial charge in [-0.25, -0.2) is 0 Å². The third-order valence-corrected chi connectivity index (χ3v) is 4.44. The summed E-state index contributed by atoms with van der Waals surface area (Å²) in [5.74, 6) is 1.68. The molecule has 2 aliphatic rings. The van der Waals surface area contributed by atoms with Crippen molar-refractivity contribution in [3.05, 3.63) is 12.8 Å². The van der Waals surface area contributed by atoms with Gasteiger partial charge in [0, 0.05) is 0 Å². The van der Waals surface area contributed by atoms with E-state index in [1.165, 1.54) is 0 Å². The zero-order chi connectivity index (χ0) is 14.6. The van der Waals surface area contributed by atoms with E-state index in [2.05, 4.69) is 82.1 Å². The minimum atomic E-state index is 0. The molecule has 0 aromatic rings. The summed E-state index contributed by atoms with van der Waals surface area (Å²) in [4.78, 5) is 0. The molecule has 2 atom stereocenters. The Morgan fingerprint density at radius 2 is 0.789 bits per heavy atom. The first kappa shape index (κ1) is 19.6. The number of rotatable bonds is 0. The van der Waals surface area contributed by atoms with E-state index in [-0.39, 0.29) is 19.5 Å². The van der Waals surface area contributed by atoms with Gasteiger partial charge < -0.3 is 12.8 Å². The Morgan fingerprint density at radius 3 is 0.789 bits per heavy atom. The van der Waals surface area contributed by atoms with E-state index in [1.54, 1.807) is 0 Å². The normalized spacial score (nSPS) is 30.6. The first-order valence-corrected chi connectivity index (χ1v) is 7.40. The van der Waals surface area contributed by atoms with Gasteiger partial charge in [-0.3, -0.25) is 0 Å². The van der Waals surface area contributed by atoms with Crippen LogP contribution < -0.4 is 0 Å². The minimum absolute atomic E-state index is 0. The van der Waals surface area contributed by atoms with Crippen molar-refractivity contribution in [2.45, 2.75) is 69.2 Å². The minimum Gasteiger partial charge on any atom is -0.323 e. The van der Waals surface area contributed by atoms with Gasteiger partial charge in [-0.05, 0) is 0 Å². The Balaban J connectivity index is 0.000000324. The standard InChI is InChI=1S/2C9H17.Zn/c2*1-8(2,3)7-6-9(7,4)5;/h2*6-7H,1-5H3;/q2*-1;+2/t2*7-;/m11./s1. The third kappa shape index (κ3) is 5.49. The van der Waals surface area contributed by atoms with Crippen molar-refractivity contribution in [2.24, 2.45) is 33.5 Å². The summed E-state index contributed by atoms with van der Waals surface area (Å²) in [6.45, 7) is 23.1. The molecule has 0 amide bonds. The molecule has 108 valence electrons.